The second-order valence-corrected chi connectivity index (χ2v) is 5.38. The number of aliphatic carboxylic acids is 1. The Morgan fingerprint density at radius 1 is 1.24 bits per heavy atom. The van der Waals surface area contributed by atoms with Gasteiger partial charge in [0.2, 0.25) is 5.91 Å². The van der Waals surface area contributed by atoms with Crippen LogP contribution >= 0.6 is 0 Å². The van der Waals surface area contributed by atoms with Gasteiger partial charge in [0, 0.05) is 13.1 Å². The Hall–Kier alpha value is -1.32. The summed E-state index contributed by atoms with van der Waals surface area (Å²) in [6.07, 6.45) is 4.79. The van der Waals surface area contributed by atoms with Crippen LogP contribution in [0.15, 0.2) is 12.2 Å². The number of amides is 1. The quantitative estimate of drug-likeness (QED) is 0.754. The third kappa shape index (κ3) is 1.85. The maximum absolute atomic E-state index is 12.3. The molecule has 0 radical (unpaired) electrons. The lowest BCUT2D eigenvalue weighted by molar-refractivity contribution is -0.151. The lowest BCUT2D eigenvalue weighted by Crippen LogP contribution is -2.43. The fourth-order valence-electron chi connectivity index (χ4n) is 2.99. The lowest BCUT2D eigenvalue weighted by atomic mass is 9.82. The Morgan fingerprint density at radius 2 is 1.76 bits per heavy atom. The van der Waals surface area contributed by atoms with Gasteiger partial charge >= 0.3 is 5.97 Å². The van der Waals surface area contributed by atoms with Gasteiger partial charge < -0.3 is 10.0 Å². The third-order valence-corrected chi connectivity index (χ3v) is 4.15. The molecule has 94 valence electrons. The van der Waals surface area contributed by atoms with Crippen molar-refractivity contribution in [1.29, 1.82) is 0 Å². The molecule has 2 aliphatic rings. The molecule has 0 aliphatic heterocycles. The number of hydrogen-bond acceptors (Lipinski definition) is 2. The Kier molecular flexibility index (Phi) is 2.98. The SMILES string of the molecule is CC(C)N(C)C(=O)C1C2C=CC(C2)C1C(=O)O. The standard InChI is InChI=1S/C13H19NO3/c1-7(2)14(3)12(15)10-8-4-5-9(6-8)11(10)13(16)17/h4-5,7-11H,6H2,1-3H3,(H,16,17). The van der Waals surface area contributed by atoms with E-state index in [0.29, 0.717) is 0 Å². The van der Waals surface area contributed by atoms with Gasteiger partial charge in [-0.15, -0.1) is 0 Å². The van der Waals surface area contributed by atoms with Gasteiger partial charge in [-0.1, -0.05) is 12.2 Å². The van der Waals surface area contributed by atoms with E-state index in [9.17, 15) is 14.7 Å². The highest BCUT2D eigenvalue weighted by molar-refractivity contribution is 5.86. The summed E-state index contributed by atoms with van der Waals surface area (Å²) in [5.41, 5.74) is 0. The van der Waals surface area contributed by atoms with Crippen LogP contribution in [-0.2, 0) is 9.59 Å². The van der Waals surface area contributed by atoms with Crippen molar-refractivity contribution >= 4 is 11.9 Å². The number of carboxylic acid groups (broad SMARTS) is 1. The molecule has 0 spiro atoms. The van der Waals surface area contributed by atoms with Crippen LogP contribution < -0.4 is 0 Å². The van der Waals surface area contributed by atoms with Crippen molar-refractivity contribution in [2.24, 2.45) is 23.7 Å². The van der Waals surface area contributed by atoms with Crippen LogP contribution in [0.5, 0.6) is 0 Å². The van der Waals surface area contributed by atoms with Crippen LogP contribution in [-0.4, -0.2) is 35.0 Å². The van der Waals surface area contributed by atoms with E-state index < -0.39 is 11.9 Å². The van der Waals surface area contributed by atoms with Crippen molar-refractivity contribution < 1.29 is 14.7 Å². The van der Waals surface area contributed by atoms with Crippen LogP contribution in [0.4, 0.5) is 0 Å². The number of nitrogens with zero attached hydrogens (tertiary/aromatic N) is 1. The molecule has 4 heteroatoms. The second-order valence-electron chi connectivity index (χ2n) is 5.38. The summed E-state index contributed by atoms with van der Waals surface area (Å²) in [6.45, 7) is 3.88. The third-order valence-electron chi connectivity index (χ3n) is 4.15. The first-order chi connectivity index (χ1) is 7.93. The lowest BCUT2D eigenvalue weighted by Gasteiger charge is -2.30. The number of fused-ring (bicyclic) bond motifs is 2. The smallest absolute Gasteiger partial charge is 0.307 e. The van der Waals surface area contributed by atoms with E-state index in [1.165, 1.54) is 0 Å². The van der Waals surface area contributed by atoms with Crippen molar-refractivity contribution in [1.82, 2.24) is 4.90 Å². The molecule has 4 nitrogen and oxygen atoms in total. The minimum atomic E-state index is -0.836. The van der Waals surface area contributed by atoms with Gasteiger partial charge in [-0.25, -0.2) is 0 Å². The predicted octanol–water partition coefficient (Wildman–Crippen LogP) is 1.38. The summed E-state index contributed by atoms with van der Waals surface area (Å²) in [6, 6.07) is 0.111. The molecule has 0 heterocycles. The molecule has 0 aromatic rings. The highest BCUT2D eigenvalue weighted by Crippen LogP contribution is 2.48. The van der Waals surface area contributed by atoms with Gasteiger partial charge in [0.1, 0.15) is 0 Å². The molecule has 4 unspecified atom stereocenters. The number of carbonyl (C=O) groups is 2. The molecule has 1 fully saturated rings. The Bertz CT molecular complexity index is 375. The average molecular weight is 237 g/mol. The summed E-state index contributed by atoms with van der Waals surface area (Å²) >= 11 is 0. The first kappa shape index (κ1) is 12.1. The topological polar surface area (TPSA) is 57.6 Å². The van der Waals surface area contributed by atoms with E-state index in [2.05, 4.69) is 0 Å². The maximum atomic E-state index is 12.3. The normalized spacial score (nSPS) is 34.4. The highest BCUT2D eigenvalue weighted by atomic mass is 16.4. The molecule has 4 atom stereocenters. The molecule has 0 aromatic carbocycles. The first-order valence-corrected chi connectivity index (χ1v) is 6.11. The summed E-state index contributed by atoms with van der Waals surface area (Å²) in [7, 11) is 1.75. The Balaban J connectivity index is 2.22. The van der Waals surface area contributed by atoms with Gasteiger partial charge in [-0.2, -0.15) is 0 Å². The van der Waals surface area contributed by atoms with Crippen molar-refractivity contribution in [3.05, 3.63) is 12.2 Å². The monoisotopic (exact) mass is 237 g/mol. The summed E-state index contributed by atoms with van der Waals surface area (Å²) in [5, 5.41) is 9.27. The summed E-state index contributed by atoms with van der Waals surface area (Å²) in [4.78, 5) is 25.3. The van der Waals surface area contributed by atoms with Crippen molar-refractivity contribution in [3.63, 3.8) is 0 Å². The van der Waals surface area contributed by atoms with E-state index in [1.807, 2.05) is 26.0 Å². The minimum Gasteiger partial charge on any atom is -0.481 e. The molecule has 0 aromatic heterocycles. The molecule has 2 aliphatic carbocycles. The molecule has 1 saturated carbocycles. The van der Waals surface area contributed by atoms with Gasteiger partial charge in [-0.05, 0) is 32.1 Å². The number of allylic oxidation sites excluding steroid dienone is 2. The molecule has 1 amide bonds. The number of carbonyl (C=O) groups excluding carboxylic acids is 1. The van der Waals surface area contributed by atoms with Gasteiger partial charge in [-0.3, -0.25) is 9.59 Å². The van der Waals surface area contributed by atoms with E-state index in [-0.39, 0.29) is 29.7 Å². The zero-order valence-electron chi connectivity index (χ0n) is 10.5. The van der Waals surface area contributed by atoms with Gasteiger partial charge in [0.25, 0.3) is 0 Å². The second kappa shape index (κ2) is 4.17. The Labute approximate surface area is 101 Å². The fourth-order valence-corrected chi connectivity index (χ4v) is 2.99. The number of rotatable bonds is 3. The van der Waals surface area contributed by atoms with Gasteiger partial charge in [0.15, 0.2) is 0 Å². The fraction of sp³-hybridized carbons (Fsp3) is 0.692. The largest absolute Gasteiger partial charge is 0.481 e. The molecule has 2 rings (SSSR count). The summed E-state index contributed by atoms with van der Waals surface area (Å²) < 4.78 is 0. The maximum Gasteiger partial charge on any atom is 0.307 e. The average Bonchev–Trinajstić information content (AvgIpc) is 2.85. The number of hydrogen-bond donors (Lipinski definition) is 1. The van der Waals surface area contributed by atoms with Crippen molar-refractivity contribution in [3.8, 4) is 0 Å². The highest BCUT2D eigenvalue weighted by Gasteiger charge is 2.52. The molecule has 17 heavy (non-hydrogen) atoms. The van der Waals surface area contributed by atoms with Crippen LogP contribution in [0, 0.1) is 23.7 Å². The predicted molar refractivity (Wildman–Crippen MR) is 63.3 cm³/mol. The van der Waals surface area contributed by atoms with Gasteiger partial charge in [0.05, 0.1) is 11.8 Å². The molecule has 2 bridgehead atoms. The van der Waals surface area contributed by atoms with Crippen LogP contribution in [0.25, 0.3) is 0 Å². The Morgan fingerprint density at radius 3 is 2.24 bits per heavy atom. The van der Waals surface area contributed by atoms with Crippen LogP contribution in [0.1, 0.15) is 20.3 Å². The molecular weight excluding hydrogens is 218 g/mol. The minimum absolute atomic E-state index is 0.0238. The van der Waals surface area contributed by atoms with Crippen molar-refractivity contribution in [2.45, 2.75) is 26.3 Å². The molecule has 1 N–H and O–H groups in total. The first-order valence-electron chi connectivity index (χ1n) is 6.11. The van der Waals surface area contributed by atoms with Crippen LogP contribution in [0.2, 0.25) is 0 Å². The van der Waals surface area contributed by atoms with E-state index >= 15 is 0 Å². The summed E-state index contributed by atoms with van der Waals surface area (Å²) in [5.74, 6) is -1.59. The van der Waals surface area contributed by atoms with E-state index in [1.54, 1.807) is 11.9 Å². The van der Waals surface area contributed by atoms with E-state index in [4.69, 9.17) is 0 Å². The zero-order chi connectivity index (χ0) is 12.7. The zero-order valence-corrected chi connectivity index (χ0v) is 10.5. The van der Waals surface area contributed by atoms with Crippen LogP contribution in [0.3, 0.4) is 0 Å². The van der Waals surface area contributed by atoms with E-state index in [0.717, 1.165) is 6.42 Å². The van der Waals surface area contributed by atoms with Crippen molar-refractivity contribution in [2.75, 3.05) is 7.05 Å². The molecular formula is C13H19NO3. The number of carboxylic acids is 1. The molecule has 0 saturated heterocycles.